The number of aliphatic hydroxyl groups excluding tert-OH is 1. The highest BCUT2D eigenvalue weighted by Crippen LogP contribution is 2.25. The third-order valence-corrected chi connectivity index (χ3v) is 3.79. The average molecular weight is 233 g/mol. The Morgan fingerprint density at radius 1 is 1.24 bits per heavy atom. The Hall–Kier alpha value is -1.02. The molecule has 0 unspecified atom stereocenters. The Morgan fingerprint density at radius 3 is 2.71 bits per heavy atom. The summed E-state index contributed by atoms with van der Waals surface area (Å²) in [5.41, 5.74) is 3.43. The molecule has 17 heavy (non-hydrogen) atoms. The van der Waals surface area contributed by atoms with E-state index in [1.165, 1.54) is 43.4 Å². The number of nitrogens with one attached hydrogen (secondary N) is 1. The summed E-state index contributed by atoms with van der Waals surface area (Å²) in [6.45, 7) is 3.32. The van der Waals surface area contributed by atoms with Crippen LogP contribution < -0.4 is 5.32 Å². The molecule has 0 bridgehead atoms. The number of hydrogen-bond acceptors (Lipinski definition) is 2. The van der Waals surface area contributed by atoms with E-state index in [2.05, 4.69) is 24.4 Å². The third kappa shape index (κ3) is 3.47. The van der Waals surface area contributed by atoms with E-state index in [4.69, 9.17) is 5.11 Å². The van der Waals surface area contributed by atoms with Gasteiger partial charge in [0.15, 0.2) is 0 Å². The van der Waals surface area contributed by atoms with Crippen LogP contribution in [0.4, 0.5) is 5.69 Å². The molecule has 0 radical (unpaired) electrons. The molecule has 2 N–H and O–H groups in total. The van der Waals surface area contributed by atoms with Gasteiger partial charge < -0.3 is 10.4 Å². The third-order valence-electron chi connectivity index (χ3n) is 3.79. The van der Waals surface area contributed by atoms with Crippen LogP contribution in [-0.2, 0) is 6.61 Å². The van der Waals surface area contributed by atoms with Crippen molar-refractivity contribution in [1.29, 1.82) is 0 Å². The maximum atomic E-state index is 9.14. The molecule has 1 aromatic rings. The summed E-state index contributed by atoms with van der Waals surface area (Å²) < 4.78 is 0. The molecule has 2 nitrogen and oxygen atoms in total. The molecule has 1 aliphatic rings. The standard InChI is InChI=1S/C15H23NO/c1-12-7-8-14(11-17)9-15(12)16-10-13-5-3-2-4-6-13/h7-9,13,16-17H,2-6,10-11H2,1H3. The van der Waals surface area contributed by atoms with Gasteiger partial charge >= 0.3 is 0 Å². The molecule has 1 fully saturated rings. The lowest BCUT2D eigenvalue weighted by Crippen LogP contribution is -2.17. The highest BCUT2D eigenvalue weighted by atomic mass is 16.3. The minimum Gasteiger partial charge on any atom is -0.392 e. The molecule has 1 aliphatic carbocycles. The summed E-state index contributed by atoms with van der Waals surface area (Å²) in [4.78, 5) is 0. The van der Waals surface area contributed by atoms with Gasteiger partial charge in [-0.1, -0.05) is 31.4 Å². The lowest BCUT2D eigenvalue weighted by molar-refractivity contribution is 0.282. The van der Waals surface area contributed by atoms with E-state index in [1.807, 2.05) is 6.07 Å². The monoisotopic (exact) mass is 233 g/mol. The number of rotatable bonds is 4. The van der Waals surface area contributed by atoms with Gasteiger partial charge in [0.2, 0.25) is 0 Å². The lowest BCUT2D eigenvalue weighted by Gasteiger charge is -2.23. The molecule has 1 saturated carbocycles. The van der Waals surface area contributed by atoms with Gasteiger partial charge in [-0.05, 0) is 42.9 Å². The van der Waals surface area contributed by atoms with Crippen LogP contribution in [0.5, 0.6) is 0 Å². The van der Waals surface area contributed by atoms with Gasteiger partial charge in [-0.25, -0.2) is 0 Å². The van der Waals surface area contributed by atoms with Crippen LogP contribution in [0.15, 0.2) is 18.2 Å². The van der Waals surface area contributed by atoms with Crippen LogP contribution in [0.1, 0.15) is 43.2 Å². The summed E-state index contributed by atoms with van der Waals surface area (Å²) in [5.74, 6) is 0.834. The summed E-state index contributed by atoms with van der Waals surface area (Å²) in [7, 11) is 0. The molecule has 1 aromatic carbocycles. The Balaban J connectivity index is 1.92. The number of aryl methyl sites for hydroxylation is 1. The van der Waals surface area contributed by atoms with E-state index in [9.17, 15) is 0 Å². The molecular formula is C15H23NO. The summed E-state index contributed by atoms with van der Waals surface area (Å²) in [5, 5.41) is 12.7. The van der Waals surface area contributed by atoms with E-state index in [0.717, 1.165) is 18.0 Å². The zero-order valence-electron chi connectivity index (χ0n) is 10.7. The first-order chi connectivity index (χ1) is 8.29. The molecule has 0 aliphatic heterocycles. The summed E-state index contributed by atoms with van der Waals surface area (Å²) in [6, 6.07) is 6.13. The van der Waals surface area contributed by atoms with Crippen molar-refractivity contribution in [2.45, 2.75) is 45.6 Å². The molecule has 0 saturated heterocycles. The number of benzene rings is 1. The summed E-state index contributed by atoms with van der Waals surface area (Å²) in [6.07, 6.45) is 6.93. The number of hydrogen-bond donors (Lipinski definition) is 2. The predicted molar refractivity (Wildman–Crippen MR) is 72.2 cm³/mol. The van der Waals surface area contributed by atoms with Crippen LogP contribution in [0.25, 0.3) is 0 Å². The number of aliphatic hydroxyl groups is 1. The second-order valence-corrected chi connectivity index (χ2v) is 5.19. The van der Waals surface area contributed by atoms with Crippen LogP contribution in [0.2, 0.25) is 0 Å². The van der Waals surface area contributed by atoms with E-state index in [0.29, 0.717) is 0 Å². The minimum atomic E-state index is 0.123. The van der Waals surface area contributed by atoms with E-state index in [-0.39, 0.29) is 6.61 Å². The quantitative estimate of drug-likeness (QED) is 0.834. The minimum absolute atomic E-state index is 0.123. The van der Waals surface area contributed by atoms with Gasteiger partial charge in [0, 0.05) is 12.2 Å². The van der Waals surface area contributed by atoms with E-state index < -0.39 is 0 Å². The predicted octanol–water partition coefficient (Wildman–Crippen LogP) is 3.48. The zero-order valence-corrected chi connectivity index (χ0v) is 10.7. The van der Waals surface area contributed by atoms with Crippen molar-refractivity contribution in [3.8, 4) is 0 Å². The van der Waals surface area contributed by atoms with Crippen molar-refractivity contribution >= 4 is 5.69 Å². The molecule has 2 heteroatoms. The van der Waals surface area contributed by atoms with E-state index >= 15 is 0 Å². The van der Waals surface area contributed by atoms with Crippen molar-refractivity contribution in [2.75, 3.05) is 11.9 Å². The Morgan fingerprint density at radius 2 is 2.00 bits per heavy atom. The SMILES string of the molecule is Cc1ccc(CO)cc1NCC1CCCCC1. The van der Waals surface area contributed by atoms with Gasteiger partial charge in [-0.2, -0.15) is 0 Å². The summed E-state index contributed by atoms with van der Waals surface area (Å²) >= 11 is 0. The highest BCUT2D eigenvalue weighted by Gasteiger charge is 2.13. The fourth-order valence-electron chi connectivity index (χ4n) is 2.60. The van der Waals surface area contributed by atoms with Crippen molar-refractivity contribution in [2.24, 2.45) is 5.92 Å². The molecular weight excluding hydrogens is 210 g/mol. The van der Waals surface area contributed by atoms with Gasteiger partial charge in [0.25, 0.3) is 0 Å². The smallest absolute Gasteiger partial charge is 0.0682 e. The molecule has 0 atom stereocenters. The van der Waals surface area contributed by atoms with Gasteiger partial charge in [0.1, 0.15) is 0 Å². The van der Waals surface area contributed by atoms with Crippen molar-refractivity contribution in [3.63, 3.8) is 0 Å². The topological polar surface area (TPSA) is 32.3 Å². The zero-order chi connectivity index (χ0) is 12.1. The van der Waals surface area contributed by atoms with E-state index in [1.54, 1.807) is 0 Å². The second kappa shape index (κ2) is 6.06. The van der Waals surface area contributed by atoms with Gasteiger partial charge in [-0.3, -0.25) is 0 Å². The number of anilines is 1. The van der Waals surface area contributed by atoms with Crippen molar-refractivity contribution in [3.05, 3.63) is 29.3 Å². The highest BCUT2D eigenvalue weighted by molar-refractivity contribution is 5.52. The molecule has 0 spiro atoms. The van der Waals surface area contributed by atoms with Crippen LogP contribution in [-0.4, -0.2) is 11.7 Å². The Kier molecular flexibility index (Phi) is 4.43. The molecule has 0 heterocycles. The van der Waals surface area contributed by atoms with Crippen LogP contribution in [0, 0.1) is 12.8 Å². The van der Waals surface area contributed by atoms with Crippen LogP contribution in [0.3, 0.4) is 0 Å². The van der Waals surface area contributed by atoms with Gasteiger partial charge in [0.05, 0.1) is 6.61 Å². The first kappa shape index (κ1) is 12.4. The normalized spacial score (nSPS) is 17.1. The van der Waals surface area contributed by atoms with Crippen molar-refractivity contribution < 1.29 is 5.11 Å². The first-order valence-corrected chi connectivity index (χ1v) is 6.74. The molecule has 94 valence electrons. The molecule has 2 rings (SSSR count). The Bertz CT molecular complexity index is 356. The maximum absolute atomic E-state index is 9.14. The molecule has 0 aromatic heterocycles. The first-order valence-electron chi connectivity index (χ1n) is 6.74. The van der Waals surface area contributed by atoms with Gasteiger partial charge in [-0.15, -0.1) is 0 Å². The molecule has 0 amide bonds. The maximum Gasteiger partial charge on any atom is 0.0682 e. The second-order valence-electron chi connectivity index (χ2n) is 5.19. The Labute approximate surface area is 104 Å². The van der Waals surface area contributed by atoms with Crippen molar-refractivity contribution in [1.82, 2.24) is 0 Å². The van der Waals surface area contributed by atoms with Crippen LogP contribution >= 0.6 is 0 Å². The average Bonchev–Trinajstić information content (AvgIpc) is 2.39. The lowest BCUT2D eigenvalue weighted by atomic mass is 9.89. The fraction of sp³-hybridized carbons (Fsp3) is 0.600. The largest absolute Gasteiger partial charge is 0.392 e. The fourth-order valence-corrected chi connectivity index (χ4v) is 2.60.